The molecule has 1 N–H and O–H groups in total. The number of hydrogen-bond acceptors (Lipinski definition) is 3. The minimum Gasteiger partial charge on any atom is -0.352 e. The zero-order valence-electron chi connectivity index (χ0n) is 12.8. The minimum absolute atomic E-state index is 0.0519. The third-order valence-electron chi connectivity index (χ3n) is 4.28. The zero-order chi connectivity index (χ0) is 15.5. The minimum atomic E-state index is -0.135. The molecule has 0 radical (unpaired) electrons. The maximum absolute atomic E-state index is 12.6. The number of hydrogen-bond donors (Lipinski definition) is 1. The molecular formula is C17H21N3O2. The van der Waals surface area contributed by atoms with E-state index in [0.29, 0.717) is 23.1 Å². The molecule has 1 aromatic heterocycles. The van der Waals surface area contributed by atoms with Crippen molar-refractivity contribution in [3.05, 3.63) is 40.4 Å². The van der Waals surface area contributed by atoms with Crippen molar-refractivity contribution in [1.29, 1.82) is 0 Å². The third kappa shape index (κ3) is 2.89. The van der Waals surface area contributed by atoms with Gasteiger partial charge in [0.2, 0.25) is 5.91 Å². The molecule has 22 heavy (non-hydrogen) atoms. The van der Waals surface area contributed by atoms with Crippen molar-refractivity contribution in [3.8, 4) is 0 Å². The summed E-state index contributed by atoms with van der Waals surface area (Å²) in [5.74, 6) is 0.561. The van der Waals surface area contributed by atoms with Crippen molar-refractivity contribution in [2.75, 3.05) is 0 Å². The Morgan fingerprint density at radius 3 is 2.77 bits per heavy atom. The van der Waals surface area contributed by atoms with Crippen molar-refractivity contribution in [1.82, 2.24) is 14.9 Å². The predicted molar refractivity (Wildman–Crippen MR) is 85.8 cm³/mol. The Labute approximate surface area is 129 Å². The average molecular weight is 299 g/mol. The van der Waals surface area contributed by atoms with Crippen molar-refractivity contribution in [3.63, 3.8) is 0 Å². The van der Waals surface area contributed by atoms with E-state index in [9.17, 15) is 9.59 Å². The van der Waals surface area contributed by atoms with E-state index in [0.717, 1.165) is 12.8 Å². The molecule has 1 fully saturated rings. The van der Waals surface area contributed by atoms with Crippen molar-refractivity contribution >= 4 is 16.8 Å². The number of aryl methyl sites for hydroxylation is 1. The first-order valence-corrected chi connectivity index (χ1v) is 7.97. The van der Waals surface area contributed by atoms with Crippen LogP contribution in [0.25, 0.3) is 10.9 Å². The molecule has 0 atom stereocenters. The molecule has 1 saturated carbocycles. The van der Waals surface area contributed by atoms with Gasteiger partial charge < -0.3 is 5.32 Å². The van der Waals surface area contributed by atoms with Crippen molar-refractivity contribution in [2.45, 2.75) is 51.6 Å². The standard InChI is InChI=1S/C17H21N3O2/c1-2-15-19-14-10-6-5-9-13(14)17(22)20(15)11-16(21)18-12-7-3-4-8-12/h5-6,9-10,12H,2-4,7-8,11H2,1H3,(H,18,21). The van der Waals surface area contributed by atoms with Crippen LogP contribution in [-0.2, 0) is 17.8 Å². The van der Waals surface area contributed by atoms with Crippen LogP contribution in [0.1, 0.15) is 38.4 Å². The molecule has 5 nitrogen and oxygen atoms in total. The number of carbonyl (C=O) groups excluding carboxylic acids is 1. The van der Waals surface area contributed by atoms with E-state index in [2.05, 4.69) is 10.3 Å². The highest BCUT2D eigenvalue weighted by Gasteiger charge is 2.18. The van der Waals surface area contributed by atoms with E-state index in [1.165, 1.54) is 17.4 Å². The van der Waals surface area contributed by atoms with Crippen LogP contribution in [-0.4, -0.2) is 21.5 Å². The van der Waals surface area contributed by atoms with Crippen LogP contribution in [0.4, 0.5) is 0 Å². The second-order valence-corrected chi connectivity index (χ2v) is 5.84. The van der Waals surface area contributed by atoms with Crippen LogP contribution >= 0.6 is 0 Å². The quantitative estimate of drug-likeness (QED) is 0.939. The lowest BCUT2D eigenvalue weighted by molar-refractivity contribution is -0.122. The molecule has 2 aromatic rings. The first-order valence-electron chi connectivity index (χ1n) is 7.97. The van der Waals surface area contributed by atoms with Crippen LogP contribution in [0.3, 0.4) is 0 Å². The Bertz CT molecular complexity index is 745. The van der Waals surface area contributed by atoms with Gasteiger partial charge in [0.15, 0.2) is 0 Å². The number of rotatable bonds is 4. The summed E-state index contributed by atoms with van der Waals surface area (Å²) in [6.45, 7) is 2.00. The molecule has 1 aromatic carbocycles. The number of carbonyl (C=O) groups is 1. The number of para-hydroxylation sites is 1. The number of aromatic nitrogens is 2. The number of amides is 1. The summed E-state index contributed by atoms with van der Waals surface area (Å²) in [4.78, 5) is 29.4. The van der Waals surface area contributed by atoms with Gasteiger partial charge in [0.05, 0.1) is 10.9 Å². The van der Waals surface area contributed by atoms with Gasteiger partial charge in [0.1, 0.15) is 12.4 Å². The third-order valence-corrected chi connectivity index (χ3v) is 4.28. The van der Waals surface area contributed by atoms with Crippen LogP contribution in [0.15, 0.2) is 29.1 Å². The van der Waals surface area contributed by atoms with Gasteiger partial charge in [-0.25, -0.2) is 4.98 Å². The predicted octanol–water partition coefficient (Wildman–Crippen LogP) is 2.02. The van der Waals surface area contributed by atoms with E-state index in [-0.39, 0.29) is 24.1 Å². The first kappa shape index (κ1) is 14.8. The van der Waals surface area contributed by atoms with Gasteiger partial charge in [-0.15, -0.1) is 0 Å². The Morgan fingerprint density at radius 2 is 2.05 bits per heavy atom. The molecule has 0 bridgehead atoms. The number of nitrogens with zero attached hydrogens (tertiary/aromatic N) is 2. The molecule has 116 valence electrons. The fraction of sp³-hybridized carbons (Fsp3) is 0.471. The monoisotopic (exact) mass is 299 g/mol. The lowest BCUT2D eigenvalue weighted by atomic mass is 10.2. The molecule has 1 aliphatic rings. The SMILES string of the molecule is CCc1nc2ccccc2c(=O)n1CC(=O)NC1CCCC1. The highest BCUT2D eigenvalue weighted by Crippen LogP contribution is 2.17. The Kier molecular flexibility index (Phi) is 4.22. The number of nitrogens with one attached hydrogen (secondary N) is 1. The van der Waals surface area contributed by atoms with Crippen LogP contribution in [0, 0.1) is 0 Å². The molecule has 0 aliphatic heterocycles. The second kappa shape index (κ2) is 6.30. The Balaban J connectivity index is 1.90. The van der Waals surface area contributed by atoms with Crippen molar-refractivity contribution in [2.24, 2.45) is 0 Å². The van der Waals surface area contributed by atoms with Gasteiger partial charge in [-0.2, -0.15) is 0 Å². The summed E-state index contributed by atoms with van der Waals surface area (Å²) < 4.78 is 1.51. The fourth-order valence-electron chi connectivity index (χ4n) is 3.13. The Hall–Kier alpha value is -2.17. The van der Waals surface area contributed by atoms with Gasteiger partial charge >= 0.3 is 0 Å². The highest BCUT2D eigenvalue weighted by atomic mass is 16.2. The molecule has 0 spiro atoms. The van der Waals surface area contributed by atoms with Crippen LogP contribution in [0.5, 0.6) is 0 Å². The van der Waals surface area contributed by atoms with Gasteiger partial charge in [0.25, 0.3) is 5.56 Å². The molecule has 0 unspecified atom stereocenters. The van der Waals surface area contributed by atoms with Crippen LogP contribution in [0.2, 0.25) is 0 Å². The van der Waals surface area contributed by atoms with Gasteiger partial charge in [0, 0.05) is 12.5 Å². The summed E-state index contributed by atoms with van der Waals surface area (Å²) in [6, 6.07) is 7.54. The normalized spacial score (nSPS) is 15.3. The van der Waals surface area contributed by atoms with E-state index < -0.39 is 0 Å². The maximum atomic E-state index is 12.6. The van der Waals surface area contributed by atoms with Crippen molar-refractivity contribution < 1.29 is 4.79 Å². The van der Waals surface area contributed by atoms with Gasteiger partial charge in [-0.3, -0.25) is 14.2 Å². The molecule has 1 heterocycles. The Morgan fingerprint density at radius 1 is 1.32 bits per heavy atom. The molecule has 1 amide bonds. The molecule has 1 aliphatic carbocycles. The van der Waals surface area contributed by atoms with E-state index >= 15 is 0 Å². The smallest absolute Gasteiger partial charge is 0.261 e. The fourth-order valence-corrected chi connectivity index (χ4v) is 3.13. The first-order chi connectivity index (χ1) is 10.7. The molecule has 3 rings (SSSR count). The summed E-state index contributed by atoms with van der Waals surface area (Å²) in [5.41, 5.74) is 0.556. The summed E-state index contributed by atoms with van der Waals surface area (Å²) in [7, 11) is 0. The highest BCUT2D eigenvalue weighted by molar-refractivity contribution is 5.79. The van der Waals surface area contributed by atoms with E-state index in [4.69, 9.17) is 0 Å². The lowest BCUT2D eigenvalue weighted by Crippen LogP contribution is -2.38. The summed E-state index contributed by atoms with van der Waals surface area (Å²) >= 11 is 0. The summed E-state index contributed by atoms with van der Waals surface area (Å²) in [6.07, 6.45) is 5.04. The summed E-state index contributed by atoms with van der Waals surface area (Å²) in [5, 5.41) is 3.59. The van der Waals surface area contributed by atoms with E-state index in [1.54, 1.807) is 6.07 Å². The van der Waals surface area contributed by atoms with Gasteiger partial charge in [-0.1, -0.05) is 31.9 Å². The molecular weight excluding hydrogens is 278 g/mol. The number of benzene rings is 1. The zero-order valence-corrected chi connectivity index (χ0v) is 12.8. The molecule has 5 heteroatoms. The second-order valence-electron chi connectivity index (χ2n) is 5.84. The lowest BCUT2D eigenvalue weighted by Gasteiger charge is -2.15. The van der Waals surface area contributed by atoms with E-state index in [1.807, 2.05) is 25.1 Å². The molecule has 0 saturated heterocycles. The topological polar surface area (TPSA) is 64.0 Å². The average Bonchev–Trinajstić information content (AvgIpc) is 3.02. The maximum Gasteiger partial charge on any atom is 0.261 e. The van der Waals surface area contributed by atoms with Crippen LogP contribution < -0.4 is 10.9 Å². The number of fused-ring (bicyclic) bond motifs is 1. The largest absolute Gasteiger partial charge is 0.352 e. The van der Waals surface area contributed by atoms with Gasteiger partial charge in [-0.05, 0) is 25.0 Å².